The summed E-state index contributed by atoms with van der Waals surface area (Å²) in [5.74, 6) is 0. The number of hydrogen-bond acceptors (Lipinski definition) is 4. The molecule has 0 aromatic heterocycles. The molecule has 1 heterocycles. The first kappa shape index (κ1) is 11.7. The quantitative estimate of drug-likeness (QED) is 0.606. The van der Waals surface area contributed by atoms with Crippen LogP contribution in [-0.4, -0.2) is 32.5 Å². The lowest BCUT2D eigenvalue weighted by molar-refractivity contribution is 0.209. The molecule has 72 valence electrons. The normalized spacial score (nSPS) is 31.8. The van der Waals surface area contributed by atoms with Gasteiger partial charge in [-0.2, -0.15) is 0 Å². The Hall–Kier alpha value is -0.320. The summed E-state index contributed by atoms with van der Waals surface area (Å²) < 4.78 is 0. The van der Waals surface area contributed by atoms with Crippen LogP contribution in [0.5, 0.6) is 0 Å². The molecule has 1 atom stereocenters. The Morgan fingerprint density at radius 3 is 2.92 bits per heavy atom. The van der Waals surface area contributed by atoms with Crippen molar-refractivity contribution in [1.29, 1.82) is 0 Å². The van der Waals surface area contributed by atoms with Crippen LogP contribution in [-0.2, 0) is 4.84 Å². The van der Waals surface area contributed by atoms with Crippen molar-refractivity contribution < 1.29 is 4.84 Å². The van der Waals surface area contributed by atoms with E-state index in [0.29, 0.717) is 6.54 Å². The van der Waals surface area contributed by atoms with Crippen molar-refractivity contribution in [2.24, 2.45) is 16.3 Å². The van der Waals surface area contributed by atoms with E-state index in [9.17, 15) is 0 Å². The van der Waals surface area contributed by atoms with Crippen LogP contribution in [0.1, 0.15) is 6.92 Å². The minimum absolute atomic E-state index is 0. The van der Waals surface area contributed by atoms with Gasteiger partial charge in [0, 0.05) is 25.0 Å². The summed E-state index contributed by atoms with van der Waals surface area (Å²) in [6, 6.07) is 0. The first-order chi connectivity index (χ1) is 5.23. The third-order valence-electron chi connectivity index (χ3n) is 2.16. The number of oxime groups is 1. The van der Waals surface area contributed by atoms with E-state index in [2.05, 4.69) is 17.4 Å². The summed E-state index contributed by atoms with van der Waals surface area (Å²) in [7, 11) is 1.56. The molecule has 0 aromatic rings. The van der Waals surface area contributed by atoms with E-state index < -0.39 is 0 Å². The Kier molecular flexibility index (Phi) is 4.52. The van der Waals surface area contributed by atoms with E-state index in [0.717, 1.165) is 18.8 Å². The third-order valence-corrected chi connectivity index (χ3v) is 2.16. The molecular weight excluding hydrogens is 178 g/mol. The van der Waals surface area contributed by atoms with Crippen LogP contribution in [0.2, 0.25) is 0 Å². The molecule has 1 aliphatic heterocycles. The molecule has 3 N–H and O–H groups in total. The highest BCUT2D eigenvalue weighted by Crippen LogP contribution is 2.20. The van der Waals surface area contributed by atoms with E-state index in [1.165, 1.54) is 0 Å². The molecule has 0 spiro atoms. The van der Waals surface area contributed by atoms with Crippen molar-refractivity contribution in [3.05, 3.63) is 0 Å². The molecule has 1 fully saturated rings. The zero-order valence-corrected chi connectivity index (χ0v) is 8.28. The summed E-state index contributed by atoms with van der Waals surface area (Å²) in [4.78, 5) is 4.72. The first-order valence-corrected chi connectivity index (χ1v) is 3.74. The van der Waals surface area contributed by atoms with E-state index in [-0.39, 0.29) is 17.8 Å². The van der Waals surface area contributed by atoms with Gasteiger partial charge in [-0.3, -0.25) is 0 Å². The van der Waals surface area contributed by atoms with Gasteiger partial charge in [0.15, 0.2) is 0 Å². The standard InChI is InChI=1S/C7H15N3O.ClH/c1-7(4-8)5-9-3-6(7)10-11-2;/h9H,3-5,8H2,1-2H3;1H. The van der Waals surface area contributed by atoms with Crippen LogP contribution in [0.3, 0.4) is 0 Å². The van der Waals surface area contributed by atoms with Crippen LogP contribution >= 0.6 is 12.4 Å². The monoisotopic (exact) mass is 193 g/mol. The Morgan fingerprint density at radius 2 is 2.42 bits per heavy atom. The molecule has 1 aliphatic rings. The van der Waals surface area contributed by atoms with E-state index in [4.69, 9.17) is 10.6 Å². The molecule has 1 unspecified atom stereocenters. The first-order valence-electron chi connectivity index (χ1n) is 3.74. The molecule has 0 saturated carbocycles. The van der Waals surface area contributed by atoms with E-state index in [1.807, 2.05) is 0 Å². The number of nitrogens with one attached hydrogen (secondary N) is 1. The molecule has 0 amide bonds. The van der Waals surface area contributed by atoms with Gasteiger partial charge in [-0.1, -0.05) is 12.1 Å². The summed E-state index contributed by atoms with van der Waals surface area (Å²) in [6.07, 6.45) is 0. The maximum Gasteiger partial charge on any atom is 0.106 e. The van der Waals surface area contributed by atoms with Crippen LogP contribution in [0.15, 0.2) is 5.16 Å². The van der Waals surface area contributed by atoms with Gasteiger partial charge in [0.2, 0.25) is 0 Å². The molecule has 1 saturated heterocycles. The minimum Gasteiger partial charge on any atom is -0.399 e. The summed E-state index contributed by atoms with van der Waals surface area (Å²) in [5.41, 5.74) is 6.62. The van der Waals surface area contributed by atoms with Crippen molar-refractivity contribution in [2.45, 2.75) is 6.92 Å². The SMILES string of the molecule is CON=C1CNCC1(C)CN.Cl. The molecule has 0 aliphatic carbocycles. The lowest BCUT2D eigenvalue weighted by Gasteiger charge is -2.19. The average molecular weight is 194 g/mol. The van der Waals surface area contributed by atoms with Gasteiger partial charge in [-0.25, -0.2) is 0 Å². The Labute approximate surface area is 78.9 Å². The second-order valence-corrected chi connectivity index (χ2v) is 3.09. The van der Waals surface area contributed by atoms with E-state index >= 15 is 0 Å². The van der Waals surface area contributed by atoms with Gasteiger partial charge in [-0.15, -0.1) is 12.4 Å². The molecule has 0 aromatic carbocycles. The molecule has 12 heavy (non-hydrogen) atoms. The lowest BCUT2D eigenvalue weighted by atomic mass is 9.88. The molecule has 0 radical (unpaired) electrons. The van der Waals surface area contributed by atoms with Crippen molar-refractivity contribution in [1.82, 2.24) is 5.32 Å². The second-order valence-electron chi connectivity index (χ2n) is 3.09. The molecule has 1 rings (SSSR count). The van der Waals surface area contributed by atoms with Gasteiger partial charge in [0.05, 0.1) is 5.71 Å². The largest absolute Gasteiger partial charge is 0.399 e. The predicted molar refractivity (Wildman–Crippen MR) is 51.7 cm³/mol. The van der Waals surface area contributed by atoms with Gasteiger partial charge < -0.3 is 15.9 Å². The smallest absolute Gasteiger partial charge is 0.106 e. The predicted octanol–water partition coefficient (Wildman–Crippen LogP) is -0.0212. The topological polar surface area (TPSA) is 59.6 Å². The number of nitrogens with zero attached hydrogens (tertiary/aromatic N) is 1. The van der Waals surface area contributed by atoms with Crippen LogP contribution in [0, 0.1) is 5.41 Å². The zero-order chi connectivity index (χ0) is 8.32. The highest BCUT2D eigenvalue weighted by molar-refractivity contribution is 5.93. The van der Waals surface area contributed by atoms with E-state index in [1.54, 1.807) is 7.11 Å². The summed E-state index contributed by atoms with van der Waals surface area (Å²) in [6.45, 7) is 4.39. The van der Waals surface area contributed by atoms with Gasteiger partial charge in [0.1, 0.15) is 7.11 Å². The van der Waals surface area contributed by atoms with Crippen LogP contribution in [0.25, 0.3) is 0 Å². The van der Waals surface area contributed by atoms with Crippen molar-refractivity contribution in [3.8, 4) is 0 Å². The number of nitrogens with two attached hydrogens (primary N) is 1. The number of rotatable bonds is 2. The fourth-order valence-electron chi connectivity index (χ4n) is 1.21. The average Bonchev–Trinajstić information content (AvgIpc) is 2.35. The Bertz CT molecular complexity index is 174. The Balaban J connectivity index is 0.00000121. The van der Waals surface area contributed by atoms with Gasteiger partial charge in [-0.05, 0) is 0 Å². The minimum atomic E-state index is -0.00396. The zero-order valence-electron chi connectivity index (χ0n) is 7.46. The lowest BCUT2D eigenvalue weighted by Crippen LogP contribution is -2.35. The molecule has 5 heteroatoms. The van der Waals surface area contributed by atoms with Crippen molar-refractivity contribution in [2.75, 3.05) is 26.7 Å². The molecule has 0 bridgehead atoms. The second kappa shape index (κ2) is 4.64. The maximum absolute atomic E-state index is 5.61. The number of hydrogen-bond donors (Lipinski definition) is 2. The fourth-order valence-corrected chi connectivity index (χ4v) is 1.21. The number of halogens is 1. The third kappa shape index (κ3) is 2.09. The summed E-state index contributed by atoms with van der Waals surface area (Å²) >= 11 is 0. The fraction of sp³-hybridized carbons (Fsp3) is 0.857. The summed E-state index contributed by atoms with van der Waals surface area (Å²) in [5, 5.41) is 7.13. The van der Waals surface area contributed by atoms with Crippen LogP contribution in [0.4, 0.5) is 0 Å². The van der Waals surface area contributed by atoms with Gasteiger partial charge in [0.25, 0.3) is 0 Å². The Morgan fingerprint density at radius 1 is 1.75 bits per heavy atom. The maximum atomic E-state index is 5.61. The highest BCUT2D eigenvalue weighted by Gasteiger charge is 2.34. The van der Waals surface area contributed by atoms with Gasteiger partial charge >= 0.3 is 0 Å². The van der Waals surface area contributed by atoms with Crippen molar-refractivity contribution >= 4 is 18.1 Å². The van der Waals surface area contributed by atoms with Crippen LogP contribution < -0.4 is 11.1 Å². The van der Waals surface area contributed by atoms with Crippen molar-refractivity contribution in [3.63, 3.8) is 0 Å². The molecule has 4 nitrogen and oxygen atoms in total. The highest BCUT2D eigenvalue weighted by atomic mass is 35.5. The molecular formula is C7H16ClN3O.